The van der Waals surface area contributed by atoms with Crippen LogP contribution in [0.15, 0.2) is 17.1 Å². The number of rotatable bonds is 5. The number of aromatic amines is 1. The maximum Gasteiger partial charge on any atom is 0.336 e. The van der Waals surface area contributed by atoms with Crippen LogP contribution >= 0.6 is 12.2 Å². The first-order chi connectivity index (χ1) is 12.3. The summed E-state index contributed by atoms with van der Waals surface area (Å²) in [5.41, 5.74) is 1.52. The monoisotopic (exact) mass is 373 g/mol. The maximum atomic E-state index is 12.4. The molecule has 0 aliphatic heterocycles. The Morgan fingerprint density at radius 2 is 2.15 bits per heavy atom. The molecular formula is C17H19N5O3S. The molecule has 0 aliphatic carbocycles. The molecule has 0 atom stereocenters. The van der Waals surface area contributed by atoms with Gasteiger partial charge in [0.2, 0.25) is 0 Å². The molecule has 0 saturated heterocycles. The van der Waals surface area contributed by atoms with Crippen molar-refractivity contribution in [2.75, 3.05) is 0 Å². The standard InChI is InChI=1S/C17H19N5O3S/c1-4-5-6-22-14-13(15(23)19-17(22)26)10(16(24)25)7-12(18-14)11-8-21(3)20-9(11)2/h7-8H,4-6H2,1-3H3,(H,24,25)(H,19,23,26). The second-order valence-corrected chi connectivity index (χ2v) is 6.51. The van der Waals surface area contributed by atoms with Gasteiger partial charge >= 0.3 is 5.97 Å². The fraction of sp³-hybridized carbons (Fsp3) is 0.353. The van der Waals surface area contributed by atoms with Crippen molar-refractivity contribution < 1.29 is 9.90 Å². The minimum Gasteiger partial charge on any atom is -0.478 e. The van der Waals surface area contributed by atoms with Gasteiger partial charge in [0.25, 0.3) is 5.56 Å². The first-order valence-corrected chi connectivity index (χ1v) is 8.66. The Kier molecular flexibility index (Phi) is 4.73. The fourth-order valence-electron chi connectivity index (χ4n) is 2.96. The molecule has 0 amide bonds. The Labute approximate surface area is 154 Å². The minimum absolute atomic E-state index is 0.0347. The van der Waals surface area contributed by atoms with Gasteiger partial charge in [-0.1, -0.05) is 13.3 Å². The average molecular weight is 373 g/mol. The van der Waals surface area contributed by atoms with E-state index in [-0.39, 0.29) is 21.4 Å². The number of nitrogens with one attached hydrogen (secondary N) is 1. The Hall–Kier alpha value is -2.81. The van der Waals surface area contributed by atoms with E-state index in [1.54, 1.807) is 22.5 Å². The van der Waals surface area contributed by atoms with Gasteiger partial charge in [-0.3, -0.25) is 14.5 Å². The lowest BCUT2D eigenvalue weighted by atomic mass is 10.1. The first kappa shape index (κ1) is 18.0. The molecule has 0 aliphatic rings. The van der Waals surface area contributed by atoms with Crippen LogP contribution in [0.3, 0.4) is 0 Å². The number of nitrogens with zero attached hydrogens (tertiary/aromatic N) is 4. The second-order valence-electron chi connectivity index (χ2n) is 6.13. The Morgan fingerprint density at radius 3 is 2.73 bits per heavy atom. The zero-order chi connectivity index (χ0) is 19.0. The van der Waals surface area contributed by atoms with Gasteiger partial charge in [0.05, 0.1) is 22.3 Å². The Balaban J connectivity index is 2.43. The van der Waals surface area contributed by atoms with Crippen LogP contribution in [0.2, 0.25) is 0 Å². The second kappa shape index (κ2) is 6.83. The number of aromatic carboxylic acids is 1. The number of unbranched alkanes of at least 4 members (excludes halogenated alkanes) is 1. The topological polar surface area (TPSA) is 106 Å². The number of carboxylic acid groups (broad SMARTS) is 1. The van der Waals surface area contributed by atoms with Gasteiger partial charge < -0.3 is 9.67 Å². The lowest BCUT2D eigenvalue weighted by Gasteiger charge is -2.12. The highest BCUT2D eigenvalue weighted by atomic mass is 32.1. The van der Waals surface area contributed by atoms with Crippen molar-refractivity contribution in [3.05, 3.63) is 38.6 Å². The number of carbonyl (C=O) groups is 1. The van der Waals surface area contributed by atoms with Gasteiger partial charge in [0.1, 0.15) is 5.65 Å². The summed E-state index contributed by atoms with van der Waals surface area (Å²) in [4.78, 5) is 31.4. The fourth-order valence-corrected chi connectivity index (χ4v) is 3.23. The molecule has 0 unspecified atom stereocenters. The first-order valence-electron chi connectivity index (χ1n) is 8.25. The minimum atomic E-state index is -1.19. The van der Waals surface area contributed by atoms with Crippen LogP contribution in [-0.4, -0.2) is 35.4 Å². The number of aromatic nitrogens is 5. The molecule has 0 saturated carbocycles. The van der Waals surface area contributed by atoms with E-state index in [0.717, 1.165) is 18.5 Å². The molecule has 3 aromatic rings. The van der Waals surface area contributed by atoms with Gasteiger partial charge in [-0.15, -0.1) is 0 Å². The lowest BCUT2D eigenvalue weighted by molar-refractivity contribution is 0.0699. The molecule has 136 valence electrons. The van der Waals surface area contributed by atoms with E-state index in [4.69, 9.17) is 12.2 Å². The SMILES string of the molecule is CCCCn1c(=S)[nH]c(=O)c2c(C(=O)O)cc(-c3cn(C)nc3C)nc21. The van der Waals surface area contributed by atoms with Crippen molar-refractivity contribution >= 4 is 29.2 Å². The summed E-state index contributed by atoms with van der Waals surface area (Å²) < 4.78 is 3.56. The maximum absolute atomic E-state index is 12.4. The third kappa shape index (κ3) is 3.05. The van der Waals surface area contributed by atoms with E-state index in [1.165, 1.54) is 6.07 Å². The quantitative estimate of drug-likeness (QED) is 0.666. The molecule has 8 nitrogen and oxygen atoms in total. The molecular weight excluding hydrogens is 354 g/mol. The molecule has 0 fully saturated rings. The van der Waals surface area contributed by atoms with Crippen LogP contribution in [0.4, 0.5) is 0 Å². The third-order valence-electron chi connectivity index (χ3n) is 4.20. The zero-order valence-electron chi connectivity index (χ0n) is 14.7. The summed E-state index contributed by atoms with van der Waals surface area (Å²) in [7, 11) is 1.78. The summed E-state index contributed by atoms with van der Waals surface area (Å²) in [6.07, 6.45) is 3.53. The number of H-pyrrole nitrogens is 1. The van der Waals surface area contributed by atoms with Crippen LogP contribution in [-0.2, 0) is 13.6 Å². The van der Waals surface area contributed by atoms with Crippen molar-refractivity contribution in [2.45, 2.75) is 33.2 Å². The smallest absolute Gasteiger partial charge is 0.336 e. The van der Waals surface area contributed by atoms with Gasteiger partial charge in [0.15, 0.2) is 4.77 Å². The van der Waals surface area contributed by atoms with Crippen molar-refractivity contribution in [3.63, 3.8) is 0 Å². The van der Waals surface area contributed by atoms with Crippen LogP contribution in [0, 0.1) is 11.7 Å². The van der Waals surface area contributed by atoms with Gasteiger partial charge in [-0.25, -0.2) is 9.78 Å². The Bertz CT molecular complexity index is 1130. The van der Waals surface area contributed by atoms with E-state index >= 15 is 0 Å². The van der Waals surface area contributed by atoms with Gasteiger partial charge in [-0.2, -0.15) is 5.10 Å². The molecule has 9 heteroatoms. The number of hydrogen-bond acceptors (Lipinski definition) is 5. The molecule has 3 aromatic heterocycles. The highest BCUT2D eigenvalue weighted by Gasteiger charge is 2.20. The molecule has 0 spiro atoms. The van der Waals surface area contributed by atoms with E-state index in [0.29, 0.717) is 17.8 Å². The van der Waals surface area contributed by atoms with Crippen molar-refractivity contribution in [3.8, 4) is 11.3 Å². The molecule has 0 aromatic carbocycles. The summed E-state index contributed by atoms with van der Waals surface area (Å²) in [6.45, 7) is 4.41. The zero-order valence-corrected chi connectivity index (χ0v) is 15.6. The van der Waals surface area contributed by atoms with Crippen molar-refractivity contribution in [1.82, 2.24) is 24.3 Å². The summed E-state index contributed by atoms with van der Waals surface area (Å²) in [5, 5.41) is 14.0. The predicted molar refractivity (Wildman–Crippen MR) is 100.0 cm³/mol. The van der Waals surface area contributed by atoms with Crippen molar-refractivity contribution in [2.24, 2.45) is 7.05 Å². The van der Waals surface area contributed by atoms with Crippen molar-refractivity contribution in [1.29, 1.82) is 0 Å². The molecule has 0 bridgehead atoms. The van der Waals surface area contributed by atoms with E-state index < -0.39 is 11.5 Å². The van der Waals surface area contributed by atoms with E-state index in [9.17, 15) is 14.7 Å². The number of aryl methyl sites for hydroxylation is 3. The summed E-state index contributed by atoms with van der Waals surface area (Å²) in [5.74, 6) is -1.19. The molecule has 26 heavy (non-hydrogen) atoms. The van der Waals surface area contributed by atoms with Gasteiger partial charge in [0, 0.05) is 25.4 Å². The molecule has 3 heterocycles. The van der Waals surface area contributed by atoms with Gasteiger partial charge in [-0.05, 0) is 31.6 Å². The third-order valence-corrected chi connectivity index (χ3v) is 4.53. The Morgan fingerprint density at radius 1 is 1.42 bits per heavy atom. The van der Waals surface area contributed by atoms with E-state index in [1.807, 2.05) is 13.8 Å². The van der Waals surface area contributed by atoms with Crippen LogP contribution in [0.5, 0.6) is 0 Å². The predicted octanol–water partition coefficient (Wildman–Crippen LogP) is 2.66. The lowest BCUT2D eigenvalue weighted by Crippen LogP contribution is -2.19. The number of carboxylic acids is 1. The van der Waals surface area contributed by atoms with E-state index in [2.05, 4.69) is 15.1 Å². The number of fused-ring (bicyclic) bond motifs is 1. The highest BCUT2D eigenvalue weighted by Crippen LogP contribution is 2.25. The summed E-state index contributed by atoms with van der Waals surface area (Å²) >= 11 is 5.28. The number of hydrogen-bond donors (Lipinski definition) is 2. The average Bonchev–Trinajstić information content (AvgIpc) is 2.91. The summed E-state index contributed by atoms with van der Waals surface area (Å²) in [6, 6.07) is 1.41. The van der Waals surface area contributed by atoms with Crippen LogP contribution in [0.1, 0.15) is 35.8 Å². The number of pyridine rings is 1. The van der Waals surface area contributed by atoms with Crippen LogP contribution < -0.4 is 5.56 Å². The highest BCUT2D eigenvalue weighted by molar-refractivity contribution is 7.71. The molecule has 2 N–H and O–H groups in total. The largest absolute Gasteiger partial charge is 0.478 e. The normalized spacial score (nSPS) is 11.2. The molecule has 0 radical (unpaired) electrons. The molecule has 3 rings (SSSR count). The van der Waals surface area contributed by atoms with Crippen LogP contribution in [0.25, 0.3) is 22.3 Å².